The first-order valence-corrected chi connectivity index (χ1v) is 12.2. The Morgan fingerprint density at radius 3 is 2.66 bits per heavy atom. The van der Waals surface area contributed by atoms with Gasteiger partial charge in [-0.05, 0) is 105 Å². The molecule has 0 unspecified atom stereocenters. The predicted molar refractivity (Wildman–Crippen MR) is 117 cm³/mol. The van der Waals surface area contributed by atoms with Crippen molar-refractivity contribution in [2.24, 2.45) is 45.1 Å². The van der Waals surface area contributed by atoms with Crippen molar-refractivity contribution in [1.82, 2.24) is 0 Å². The van der Waals surface area contributed by atoms with Crippen LogP contribution in [-0.2, 0) is 9.63 Å². The number of allylic oxidation sites excluding steroid dienone is 2. The largest absolute Gasteiger partial charge is 0.399 e. The summed E-state index contributed by atoms with van der Waals surface area (Å²) in [6, 6.07) is 0. The summed E-state index contributed by atoms with van der Waals surface area (Å²) < 4.78 is 0. The number of Topliss-reactive ketones (excluding diaryl/α,β-unsaturated/α-hetero) is 1. The smallest absolute Gasteiger partial charge is 0.136 e. The van der Waals surface area contributed by atoms with E-state index in [1.807, 2.05) is 6.92 Å². The Hall–Kier alpha value is -1.12. The van der Waals surface area contributed by atoms with Gasteiger partial charge in [0.2, 0.25) is 0 Å². The van der Waals surface area contributed by atoms with Crippen molar-refractivity contribution in [2.75, 3.05) is 7.11 Å². The van der Waals surface area contributed by atoms with Crippen LogP contribution >= 0.6 is 0 Å². The minimum absolute atomic E-state index is 0.0111. The quantitative estimate of drug-likeness (QED) is 0.511. The van der Waals surface area contributed by atoms with E-state index in [1.54, 1.807) is 12.7 Å². The van der Waals surface area contributed by atoms with Crippen LogP contribution in [0.15, 0.2) is 16.8 Å². The van der Waals surface area contributed by atoms with Crippen LogP contribution < -0.4 is 0 Å². The fraction of sp³-hybridized carbons (Fsp3) is 0.846. The van der Waals surface area contributed by atoms with Crippen molar-refractivity contribution in [3.05, 3.63) is 11.6 Å². The first-order chi connectivity index (χ1) is 13.9. The van der Waals surface area contributed by atoms with E-state index in [4.69, 9.17) is 4.84 Å². The summed E-state index contributed by atoms with van der Waals surface area (Å²) in [5, 5.41) is 4.25. The van der Waals surface area contributed by atoms with Crippen molar-refractivity contribution in [2.45, 2.75) is 91.4 Å². The molecule has 7 atom stereocenters. The highest BCUT2D eigenvalue weighted by Crippen LogP contribution is 2.74. The molecule has 0 aromatic carbocycles. The Labute approximate surface area is 176 Å². The molecule has 4 fully saturated rings. The molecule has 5 aliphatic rings. The fourth-order valence-electron chi connectivity index (χ4n) is 9.56. The lowest BCUT2D eigenvalue weighted by Crippen LogP contribution is -2.55. The van der Waals surface area contributed by atoms with E-state index < -0.39 is 0 Å². The highest BCUT2D eigenvalue weighted by molar-refractivity contribution is 5.96. The standard InChI is InChI=1S/C26H39NO2/c1-17(28)26-12-6-5-7-19(26)16-23-21-9-8-18-15-20(27-29-4)10-13-24(18,2)22(21)11-14-25(23,26)3/h15,19,21-23H,5-14,16H2,1-4H3/b27-20-/t19-,21+,22+,23-,24-,25-,26+/m0/s1. The summed E-state index contributed by atoms with van der Waals surface area (Å²) in [4.78, 5) is 18.2. The molecule has 160 valence electrons. The number of fused-ring (bicyclic) bond motifs is 7. The summed E-state index contributed by atoms with van der Waals surface area (Å²) in [6.45, 7) is 7.02. The van der Waals surface area contributed by atoms with E-state index >= 15 is 0 Å². The van der Waals surface area contributed by atoms with Gasteiger partial charge in [-0.2, -0.15) is 0 Å². The Balaban J connectivity index is 1.50. The molecule has 0 bridgehead atoms. The van der Waals surface area contributed by atoms with Crippen LogP contribution in [0.4, 0.5) is 0 Å². The first kappa shape index (κ1) is 19.8. The van der Waals surface area contributed by atoms with Gasteiger partial charge in [-0.25, -0.2) is 0 Å². The topological polar surface area (TPSA) is 38.7 Å². The molecular weight excluding hydrogens is 358 g/mol. The molecule has 5 aliphatic carbocycles. The average molecular weight is 398 g/mol. The van der Waals surface area contributed by atoms with Gasteiger partial charge in [-0.1, -0.05) is 37.4 Å². The predicted octanol–water partition coefficient (Wildman–Crippen LogP) is 6.33. The third-order valence-electron chi connectivity index (χ3n) is 10.8. The lowest BCUT2D eigenvalue weighted by Gasteiger charge is -2.60. The maximum atomic E-state index is 13.2. The number of ketones is 1. The lowest BCUT2D eigenvalue weighted by atomic mass is 9.44. The first-order valence-electron chi connectivity index (χ1n) is 12.2. The van der Waals surface area contributed by atoms with Gasteiger partial charge in [0.15, 0.2) is 0 Å². The third kappa shape index (κ3) is 2.48. The number of carbonyl (C=O) groups is 1. The van der Waals surface area contributed by atoms with E-state index in [-0.39, 0.29) is 10.8 Å². The van der Waals surface area contributed by atoms with Gasteiger partial charge >= 0.3 is 0 Å². The molecule has 0 spiro atoms. The Bertz CT molecular complexity index is 769. The van der Waals surface area contributed by atoms with Crippen LogP contribution in [0.2, 0.25) is 0 Å². The van der Waals surface area contributed by atoms with Crippen LogP contribution in [0, 0.1) is 39.9 Å². The Kier molecular flexibility index (Phi) is 4.57. The summed E-state index contributed by atoms with van der Waals surface area (Å²) in [7, 11) is 1.66. The van der Waals surface area contributed by atoms with Crippen molar-refractivity contribution in [3.63, 3.8) is 0 Å². The molecule has 0 aromatic rings. The van der Waals surface area contributed by atoms with Crippen molar-refractivity contribution >= 4 is 11.5 Å². The lowest BCUT2D eigenvalue weighted by molar-refractivity contribution is -0.147. The van der Waals surface area contributed by atoms with Crippen LogP contribution in [0.3, 0.4) is 0 Å². The zero-order valence-electron chi connectivity index (χ0n) is 18.9. The molecule has 5 rings (SSSR count). The summed E-state index contributed by atoms with van der Waals surface area (Å²) in [5.41, 5.74) is 3.30. The second kappa shape index (κ2) is 6.69. The second-order valence-corrected chi connectivity index (χ2v) is 11.4. The zero-order valence-corrected chi connectivity index (χ0v) is 18.9. The maximum Gasteiger partial charge on any atom is 0.136 e. The van der Waals surface area contributed by atoms with Crippen LogP contribution in [0.25, 0.3) is 0 Å². The molecule has 0 aliphatic heterocycles. The van der Waals surface area contributed by atoms with Gasteiger partial charge in [0.05, 0.1) is 5.71 Å². The van der Waals surface area contributed by atoms with Crippen molar-refractivity contribution in [1.29, 1.82) is 0 Å². The number of hydrogen-bond acceptors (Lipinski definition) is 3. The number of nitrogens with zero attached hydrogens (tertiary/aromatic N) is 1. The average Bonchev–Trinajstić information content (AvgIpc) is 2.98. The molecule has 0 aromatic heterocycles. The molecule has 0 saturated heterocycles. The molecule has 4 saturated carbocycles. The Morgan fingerprint density at radius 2 is 1.90 bits per heavy atom. The van der Waals surface area contributed by atoms with Gasteiger partial charge in [-0.15, -0.1) is 0 Å². The SMILES string of the molecule is CO/N=C1\C=C2CC[C@@H]3[C@@H](CC[C@@]4(C)[C@H]3C[C@@H]3CCCC[C@@]34C(C)=O)[C@@]2(C)CC1. The molecule has 0 radical (unpaired) electrons. The number of carbonyl (C=O) groups excluding carboxylic acids is 1. The molecular formula is C26H39NO2. The van der Waals surface area contributed by atoms with Crippen LogP contribution in [0.5, 0.6) is 0 Å². The normalized spacial score (nSPS) is 50.1. The summed E-state index contributed by atoms with van der Waals surface area (Å²) in [5.74, 6) is 3.51. The van der Waals surface area contributed by atoms with E-state index in [1.165, 1.54) is 57.8 Å². The number of oxime groups is 1. The van der Waals surface area contributed by atoms with E-state index in [0.717, 1.165) is 36.3 Å². The van der Waals surface area contributed by atoms with E-state index in [2.05, 4.69) is 25.1 Å². The van der Waals surface area contributed by atoms with E-state index in [9.17, 15) is 4.79 Å². The third-order valence-corrected chi connectivity index (χ3v) is 10.8. The molecule has 29 heavy (non-hydrogen) atoms. The minimum atomic E-state index is -0.0111. The molecule has 0 amide bonds. The van der Waals surface area contributed by atoms with Gasteiger partial charge < -0.3 is 4.84 Å². The fourth-order valence-corrected chi connectivity index (χ4v) is 9.56. The number of hydrogen-bond donors (Lipinski definition) is 0. The van der Waals surface area contributed by atoms with Crippen molar-refractivity contribution < 1.29 is 9.63 Å². The number of rotatable bonds is 2. The summed E-state index contributed by atoms with van der Waals surface area (Å²) >= 11 is 0. The highest BCUT2D eigenvalue weighted by Gasteiger charge is 2.69. The van der Waals surface area contributed by atoms with E-state index in [0.29, 0.717) is 17.1 Å². The molecule has 0 heterocycles. The minimum Gasteiger partial charge on any atom is -0.399 e. The molecule has 3 nitrogen and oxygen atoms in total. The molecule has 3 heteroatoms. The van der Waals surface area contributed by atoms with Gasteiger partial charge in [0, 0.05) is 5.41 Å². The van der Waals surface area contributed by atoms with Gasteiger partial charge in [0.25, 0.3) is 0 Å². The van der Waals surface area contributed by atoms with Crippen molar-refractivity contribution in [3.8, 4) is 0 Å². The highest BCUT2D eigenvalue weighted by atomic mass is 16.6. The summed E-state index contributed by atoms with van der Waals surface area (Å²) in [6.07, 6.45) is 16.1. The monoisotopic (exact) mass is 397 g/mol. The van der Waals surface area contributed by atoms with Crippen LogP contribution in [-0.4, -0.2) is 18.6 Å². The molecule has 0 N–H and O–H groups in total. The van der Waals surface area contributed by atoms with Crippen LogP contribution in [0.1, 0.15) is 91.4 Å². The van der Waals surface area contributed by atoms with Gasteiger partial charge in [0.1, 0.15) is 12.9 Å². The Morgan fingerprint density at radius 1 is 1.07 bits per heavy atom. The maximum absolute atomic E-state index is 13.2. The van der Waals surface area contributed by atoms with Gasteiger partial charge in [-0.3, -0.25) is 4.79 Å². The second-order valence-electron chi connectivity index (χ2n) is 11.4. The zero-order chi connectivity index (χ0) is 20.4.